The Morgan fingerprint density at radius 3 is 2.52 bits per heavy atom. The summed E-state index contributed by atoms with van der Waals surface area (Å²) >= 11 is 0. The maximum absolute atomic E-state index is 5.85. The highest BCUT2D eigenvalue weighted by Gasteiger charge is 2.04. The molecule has 152 valence electrons. The number of hydroxylamine groups is 1. The van der Waals surface area contributed by atoms with Crippen LogP contribution in [0.4, 0.5) is 5.69 Å². The average molecular weight is 394 g/mol. The number of nitrogens with one attached hydrogen (secondary N) is 1. The van der Waals surface area contributed by atoms with Gasteiger partial charge in [-0.05, 0) is 48.5 Å². The second-order valence-electron chi connectivity index (χ2n) is 6.60. The van der Waals surface area contributed by atoms with E-state index < -0.39 is 0 Å². The summed E-state index contributed by atoms with van der Waals surface area (Å²) < 4.78 is 13.0. The minimum absolute atomic E-state index is 0.324. The Hall–Kier alpha value is -3.45. The van der Waals surface area contributed by atoms with E-state index in [4.69, 9.17) is 14.3 Å². The minimum Gasteiger partial charge on any atom is -0.497 e. The molecule has 0 amide bonds. The molecule has 0 aliphatic heterocycles. The maximum Gasteiger partial charge on any atom is 0.131 e. The largest absolute Gasteiger partial charge is 0.497 e. The number of aromatic nitrogens is 1. The SMILES string of the molecule is CONC(=Cn1ccc2cc(N=CN(C)C)ccc21)COc1ccc(OC)cc1. The molecule has 0 saturated carbocycles. The fraction of sp³-hybridized carbons (Fsp3) is 0.227. The molecule has 0 spiro atoms. The second-order valence-corrected chi connectivity index (χ2v) is 6.60. The van der Waals surface area contributed by atoms with E-state index in [1.54, 1.807) is 20.6 Å². The van der Waals surface area contributed by atoms with E-state index in [1.807, 2.05) is 72.4 Å². The van der Waals surface area contributed by atoms with Crippen molar-refractivity contribution >= 4 is 29.1 Å². The molecule has 2 aromatic carbocycles. The first-order valence-corrected chi connectivity index (χ1v) is 9.17. The van der Waals surface area contributed by atoms with E-state index in [1.165, 1.54) is 0 Å². The van der Waals surface area contributed by atoms with Gasteiger partial charge in [-0.15, -0.1) is 0 Å². The second kappa shape index (κ2) is 9.66. The quantitative estimate of drug-likeness (QED) is 0.339. The molecule has 0 saturated heterocycles. The van der Waals surface area contributed by atoms with Crippen molar-refractivity contribution in [1.82, 2.24) is 14.9 Å². The minimum atomic E-state index is 0.324. The number of benzene rings is 2. The van der Waals surface area contributed by atoms with Gasteiger partial charge in [0.2, 0.25) is 0 Å². The Morgan fingerprint density at radius 2 is 1.83 bits per heavy atom. The van der Waals surface area contributed by atoms with Crippen LogP contribution in [0.1, 0.15) is 0 Å². The van der Waals surface area contributed by atoms with Crippen LogP contribution in [0.25, 0.3) is 17.1 Å². The van der Waals surface area contributed by atoms with Gasteiger partial charge in [-0.2, -0.15) is 0 Å². The standard InChI is InChI=1S/C22H26N4O3/c1-25(2)16-23-18-5-10-22-17(13-18)11-12-26(22)14-19(24-28-4)15-29-21-8-6-20(27-3)7-9-21/h5-14,16,24H,15H2,1-4H3. The molecule has 0 unspecified atom stereocenters. The first-order chi connectivity index (χ1) is 14.1. The molecule has 0 fully saturated rings. The summed E-state index contributed by atoms with van der Waals surface area (Å²) in [5.74, 6) is 1.53. The van der Waals surface area contributed by atoms with E-state index in [2.05, 4.69) is 22.6 Å². The van der Waals surface area contributed by atoms with Crippen molar-refractivity contribution < 1.29 is 14.3 Å². The molecule has 1 N–H and O–H groups in total. The van der Waals surface area contributed by atoms with Crippen molar-refractivity contribution in [3.8, 4) is 11.5 Å². The van der Waals surface area contributed by atoms with E-state index in [0.717, 1.165) is 33.8 Å². The summed E-state index contributed by atoms with van der Waals surface area (Å²) in [6, 6.07) is 15.6. The number of ether oxygens (including phenoxy) is 2. The number of hydrogen-bond acceptors (Lipinski definition) is 5. The Morgan fingerprint density at radius 1 is 1.07 bits per heavy atom. The summed E-state index contributed by atoms with van der Waals surface area (Å²) in [6.45, 7) is 0.324. The zero-order valence-corrected chi connectivity index (χ0v) is 17.1. The topological polar surface area (TPSA) is 60.2 Å². The molecule has 0 bridgehead atoms. The molecule has 0 radical (unpaired) electrons. The number of aliphatic imine (C=N–C) groups is 1. The molecule has 3 rings (SSSR count). The van der Waals surface area contributed by atoms with Gasteiger partial charge in [0.05, 0.1) is 37.5 Å². The van der Waals surface area contributed by atoms with E-state index >= 15 is 0 Å². The third-order valence-electron chi connectivity index (χ3n) is 4.12. The monoisotopic (exact) mass is 394 g/mol. The van der Waals surface area contributed by atoms with Gasteiger partial charge in [0.1, 0.15) is 18.1 Å². The normalized spacial score (nSPS) is 11.8. The third kappa shape index (κ3) is 5.52. The molecule has 7 nitrogen and oxygen atoms in total. The van der Waals surface area contributed by atoms with Gasteiger partial charge in [0.15, 0.2) is 0 Å². The van der Waals surface area contributed by atoms with Gasteiger partial charge < -0.3 is 18.9 Å². The molecular weight excluding hydrogens is 368 g/mol. The van der Waals surface area contributed by atoms with Crippen molar-refractivity contribution in [2.45, 2.75) is 0 Å². The molecule has 29 heavy (non-hydrogen) atoms. The molecule has 0 atom stereocenters. The van der Waals surface area contributed by atoms with Crippen LogP contribution in [0.5, 0.6) is 11.5 Å². The van der Waals surface area contributed by atoms with Crippen LogP contribution in [0, 0.1) is 0 Å². The highest BCUT2D eigenvalue weighted by molar-refractivity contribution is 5.85. The van der Waals surface area contributed by atoms with Gasteiger partial charge in [-0.3, -0.25) is 10.3 Å². The predicted molar refractivity (Wildman–Crippen MR) is 117 cm³/mol. The highest BCUT2D eigenvalue weighted by atomic mass is 16.6. The fourth-order valence-corrected chi connectivity index (χ4v) is 2.75. The number of nitrogens with zero attached hydrogens (tertiary/aromatic N) is 3. The summed E-state index contributed by atoms with van der Waals surface area (Å²) in [7, 11) is 7.10. The third-order valence-corrected chi connectivity index (χ3v) is 4.12. The Kier molecular flexibility index (Phi) is 6.76. The van der Waals surface area contributed by atoms with Gasteiger partial charge in [-0.25, -0.2) is 4.99 Å². The number of hydrogen-bond donors (Lipinski definition) is 1. The number of fused-ring (bicyclic) bond motifs is 1. The van der Waals surface area contributed by atoms with Crippen LogP contribution in [-0.4, -0.2) is 50.7 Å². The van der Waals surface area contributed by atoms with Crippen LogP contribution in [0.3, 0.4) is 0 Å². The molecule has 1 aromatic heterocycles. The van der Waals surface area contributed by atoms with Crippen molar-refractivity contribution in [2.75, 3.05) is 34.9 Å². The zero-order valence-electron chi connectivity index (χ0n) is 17.1. The summed E-state index contributed by atoms with van der Waals surface area (Å²) in [6.07, 6.45) is 5.72. The van der Waals surface area contributed by atoms with Crippen molar-refractivity contribution in [3.63, 3.8) is 0 Å². The summed E-state index contributed by atoms with van der Waals surface area (Å²) in [5.41, 5.74) is 5.63. The first kappa shape index (κ1) is 20.3. The number of rotatable bonds is 9. The first-order valence-electron chi connectivity index (χ1n) is 9.17. The molecule has 0 aliphatic carbocycles. The lowest BCUT2D eigenvalue weighted by Gasteiger charge is -2.12. The van der Waals surface area contributed by atoms with Crippen LogP contribution in [0.2, 0.25) is 0 Å². The molecule has 1 heterocycles. The van der Waals surface area contributed by atoms with Crippen molar-refractivity contribution in [3.05, 3.63) is 60.4 Å². The average Bonchev–Trinajstić information content (AvgIpc) is 3.13. The van der Waals surface area contributed by atoms with Gasteiger partial charge >= 0.3 is 0 Å². The predicted octanol–water partition coefficient (Wildman–Crippen LogP) is 3.90. The number of methoxy groups -OCH3 is 1. The van der Waals surface area contributed by atoms with E-state index in [9.17, 15) is 0 Å². The summed E-state index contributed by atoms with van der Waals surface area (Å²) in [4.78, 5) is 11.5. The Labute approximate surface area is 170 Å². The van der Waals surface area contributed by atoms with Crippen molar-refractivity contribution in [1.29, 1.82) is 0 Å². The van der Waals surface area contributed by atoms with Gasteiger partial charge in [0, 0.05) is 31.9 Å². The van der Waals surface area contributed by atoms with Crippen molar-refractivity contribution in [2.24, 2.45) is 4.99 Å². The Bertz CT molecular complexity index is 991. The van der Waals surface area contributed by atoms with Crippen LogP contribution >= 0.6 is 0 Å². The summed E-state index contributed by atoms with van der Waals surface area (Å²) in [5, 5.41) is 1.10. The zero-order chi connectivity index (χ0) is 20.6. The van der Waals surface area contributed by atoms with E-state index in [-0.39, 0.29) is 0 Å². The lowest BCUT2D eigenvalue weighted by molar-refractivity contribution is 0.108. The van der Waals surface area contributed by atoms with Crippen LogP contribution in [-0.2, 0) is 4.84 Å². The van der Waals surface area contributed by atoms with Gasteiger partial charge in [-0.1, -0.05) is 0 Å². The lowest BCUT2D eigenvalue weighted by Crippen LogP contribution is -2.18. The highest BCUT2D eigenvalue weighted by Crippen LogP contribution is 2.23. The van der Waals surface area contributed by atoms with Crippen LogP contribution in [0.15, 0.2) is 65.4 Å². The molecule has 0 aliphatic rings. The fourth-order valence-electron chi connectivity index (χ4n) is 2.75. The lowest BCUT2D eigenvalue weighted by atomic mass is 10.2. The molecular formula is C22H26N4O3. The Balaban J connectivity index is 1.77. The molecule has 7 heteroatoms. The van der Waals surface area contributed by atoms with E-state index in [0.29, 0.717) is 6.61 Å². The smallest absolute Gasteiger partial charge is 0.131 e. The van der Waals surface area contributed by atoms with Gasteiger partial charge in [0.25, 0.3) is 0 Å². The maximum atomic E-state index is 5.85. The van der Waals surface area contributed by atoms with Crippen LogP contribution < -0.4 is 15.0 Å². The molecule has 3 aromatic rings.